The van der Waals surface area contributed by atoms with Crippen LogP contribution in [0.4, 0.5) is 11.6 Å². The standard InChI is InChI=1S/C14H17Br2N3/c1-9(2)7-19-8-10(3)17-14(19)18-13-5-4-11(15)6-12(13)16/h4-6,8-9H,7H2,1-3H3,(H,17,18). The maximum Gasteiger partial charge on any atom is 0.207 e. The largest absolute Gasteiger partial charge is 0.325 e. The minimum atomic E-state index is 0.586. The molecular formula is C14H17Br2N3. The lowest BCUT2D eigenvalue weighted by Gasteiger charge is -2.12. The molecule has 2 rings (SSSR count). The van der Waals surface area contributed by atoms with E-state index in [9.17, 15) is 0 Å². The number of nitrogens with one attached hydrogen (secondary N) is 1. The van der Waals surface area contributed by atoms with Crippen LogP contribution < -0.4 is 5.32 Å². The van der Waals surface area contributed by atoms with Crippen molar-refractivity contribution in [2.45, 2.75) is 27.3 Å². The van der Waals surface area contributed by atoms with Gasteiger partial charge in [-0.25, -0.2) is 4.98 Å². The molecule has 5 heteroatoms. The zero-order valence-electron chi connectivity index (χ0n) is 11.2. The second-order valence-corrected chi connectivity index (χ2v) is 6.77. The Hall–Kier alpha value is -0.810. The Labute approximate surface area is 130 Å². The number of nitrogens with zero attached hydrogens (tertiary/aromatic N) is 2. The van der Waals surface area contributed by atoms with Gasteiger partial charge < -0.3 is 9.88 Å². The van der Waals surface area contributed by atoms with E-state index >= 15 is 0 Å². The molecule has 0 aliphatic carbocycles. The van der Waals surface area contributed by atoms with Crippen LogP contribution in [0.3, 0.4) is 0 Å². The van der Waals surface area contributed by atoms with Crippen molar-refractivity contribution in [1.29, 1.82) is 0 Å². The highest BCUT2D eigenvalue weighted by molar-refractivity contribution is 9.11. The molecule has 0 aliphatic heterocycles. The third-order valence-corrected chi connectivity index (χ3v) is 3.79. The Balaban J connectivity index is 2.27. The number of hydrogen-bond donors (Lipinski definition) is 1. The number of aryl methyl sites for hydroxylation is 1. The second-order valence-electron chi connectivity index (χ2n) is 5.00. The molecule has 102 valence electrons. The maximum absolute atomic E-state index is 4.54. The first-order valence-corrected chi connectivity index (χ1v) is 7.80. The van der Waals surface area contributed by atoms with Gasteiger partial charge in [-0.05, 0) is 47.0 Å². The van der Waals surface area contributed by atoms with Gasteiger partial charge in [0.25, 0.3) is 0 Å². The first-order chi connectivity index (χ1) is 8.95. The van der Waals surface area contributed by atoms with Crippen molar-refractivity contribution in [2.24, 2.45) is 5.92 Å². The van der Waals surface area contributed by atoms with Gasteiger partial charge in [-0.1, -0.05) is 29.8 Å². The maximum atomic E-state index is 4.54. The summed E-state index contributed by atoms with van der Waals surface area (Å²) in [5, 5.41) is 3.38. The number of aromatic nitrogens is 2. The summed E-state index contributed by atoms with van der Waals surface area (Å²) in [4.78, 5) is 4.54. The lowest BCUT2D eigenvalue weighted by atomic mass is 10.2. The molecule has 0 amide bonds. The third-order valence-electron chi connectivity index (χ3n) is 2.64. The number of benzene rings is 1. The number of imidazole rings is 1. The van der Waals surface area contributed by atoms with E-state index < -0.39 is 0 Å². The molecule has 0 unspecified atom stereocenters. The van der Waals surface area contributed by atoms with Crippen LogP contribution in [0, 0.1) is 12.8 Å². The Morgan fingerprint density at radius 3 is 2.68 bits per heavy atom. The molecule has 3 nitrogen and oxygen atoms in total. The third kappa shape index (κ3) is 3.83. The van der Waals surface area contributed by atoms with Gasteiger partial charge in [0, 0.05) is 21.7 Å². The summed E-state index contributed by atoms with van der Waals surface area (Å²) in [5.41, 5.74) is 2.04. The predicted molar refractivity (Wildman–Crippen MR) is 86.9 cm³/mol. The molecule has 0 bridgehead atoms. The summed E-state index contributed by atoms with van der Waals surface area (Å²) in [7, 11) is 0. The zero-order valence-corrected chi connectivity index (χ0v) is 14.4. The summed E-state index contributed by atoms with van der Waals surface area (Å²) in [6, 6.07) is 6.05. The highest BCUT2D eigenvalue weighted by Gasteiger charge is 2.09. The molecule has 0 saturated heterocycles. The van der Waals surface area contributed by atoms with Crippen LogP contribution in [-0.4, -0.2) is 9.55 Å². The van der Waals surface area contributed by atoms with Crippen molar-refractivity contribution < 1.29 is 0 Å². The van der Waals surface area contributed by atoms with Gasteiger partial charge in [-0.15, -0.1) is 0 Å². The van der Waals surface area contributed by atoms with E-state index in [4.69, 9.17) is 0 Å². The lowest BCUT2D eigenvalue weighted by Crippen LogP contribution is -2.07. The van der Waals surface area contributed by atoms with Crippen molar-refractivity contribution in [1.82, 2.24) is 9.55 Å². The molecule has 0 atom stereocenters. The van der Waals surface area contributed by atoms with Crippen molar-refractivity contribution in [3.63, 3.8) is 0 Å². The molecule has 1 heterocycles. The molecule has 1 aromatic carbocycles. The van der Waals surface area contributed by atoms with E-state index in [1.54, 1.807) is 0 Å². The van der Waals surface area contributed by atoms with Crippen LogP contribution in [0.25, 0.3) is 0 Å². The van der Waals surface area contributed by atoms with Gasteiger partial charge in [0.15, 0.2) is 0 Å². The first kappa shape index (κ1) is 14.6. The molecule has 0 spiro atoms. The molecule has 0 fully saturated rings. The van der Waals surface area contributed by atoms with Crippen LogP contribution in [-0.2, 0) is 6.54 Å². The van der Waals surface area contributed by atoms with Crippen LogP contribution in [0.1, 0.15) is 19.5 Å². The van der Waals surface area contributed by atoms with Crippen LogP contribution in [0.5, 0.6) is 0 Å². The molecule has 0 radical (unpaired) electrons. The lowest BCUT2D eigenvalue weighted by molar-refractivity contribution is 0.527. The molecule has 1 aromatic heterocycles. The van der Waals surface area contributed by atoms with E-state index in [0.29, 0.717) is 5.92 Å². The van der Waals surface area contributed by atoms with Gasteiger partial charge in [0.2, 0.25) is 5.95 Å². The Kier molecular flexibility index (Phi) is 4.68. The fourth-order valence-electron chi connectivity index (χ4n) is 1.89. The normalized spacial score (nSPS) is 11.1. The monoisotopic (exact) mass is 385 g/mol. The Morgan fingerprint density at radius 1 is 1.32 bits per heavy atom. The summed E-state index contributed by atoms with van der Waals surface area (Å²) >= 11 is 7.01. The molecule has 2 aromatic rings. The second kappa shape index (κ2) is 6.09. The number of anilines is 2. The highest BCUT2D eigenvalue weighted by Crippen LogP contribution is 2.28. The number of halogens is 2. The summed E-state index contributed by atoms with van der Waals surface area (Å²) in [5.74, 6) is 1.47. The number of hydrogen-bond acceptors (Lipinski definition) is 2. The van der Waals surface area contributed by atoms with E-state index in [1.807, 2.05) is 25.1 Å². The van der Waals surface area contributed by atoms with Gasteiger partial charge in [-0.2, -0.15) is 0 Å². The van der Waals surface area contributed by atoms with E-state index in [1.165, 1.54) is 0 Å². The topological polar surface area (TPSA) is 29.9 Å². The van der Waals surface area contributed by atoms with Crippen LogP contribution >= 0.6 is 31.9 Å². The quantitative estimate of drug-likeness (QED) is 0.790. The molecular weight excluding hydrogens is 370 g/mol. The van der Waals surface area contributed by atoms with Crippen molar-refractivity contribution in [2.75, 3.05) is 5.32 Å². The van der Waals surface area contributed by atoms with Crippen LogP contribution in [0.15, 0.2) is 33.3 Å². The van der Waals surface area contributed by atoms with Gasteiger partial charge >= 0.3 is 0 Å². The van der Waals surface area contributed by atoms with Crippen molar-refractivity contribution in [3.8, 4) is 0 Å². The van der Waals surface area contributed by atoms with E-state index in [2.05, 4.69) is 66.8 Å². The zero-order chi connectivity index (χ0) is 14.0. The Morgan fingerprint density at radius 2 is 2.05 bits per heavy atom. The fourth-order valence-corrected chi connectivity index (χ4v) is 3.04. The number of rotatable bonds is 4. The molecule has 19 heavy (non-hydrogen) atoms. The average Bonchev–Trinajstić information content (AvgIpc) is 2.62. The van der Waals surface area contributed by atoms with Gasteiger partial charge in [-0.3, -0.25) is 0 Å². The summed E-state index contributed by atoms with van der Waals surface area (Å²) < 4.78 is 4.22. The van der Waals surface area contributed by atoms with Crippen molar-refractivity contribution >= 4 is 43.5 Å². The predicted octanol–water partition coefficient (Wildman–Crippen LogP) is 5.12. The Bertz CT molecular complexity index is 576. The minimum Gasteiger partial charge on any atom is -0.325 e. The fraction of sp³-hybridized carbons (Fsp3) is 0.357. The molecule has 1 N–H and O–H groups in total. The summed E-state index contributed by atoms with van der Waals surface area (Å²) in [6.07, 6.45) is 2.08. The SMILES string of the molecule is Cc1cn(CC(C)C)c(Nc2ccc(Br)cc2Br)n1. The van der Waals surface area contributed by atoms with Gasteiger partial charge in [0.1, 0.15) is 0 Å². The molecule has 0 aliphatic rings. The van der Waals surface area contributed by atoms with Crippen molar-refractivity contribution in [3.05, 3.63) is 39.0 Å². The highest BCUT2D eigenvalue weighted by atomic mass is 79.9. The van der Waals surface area contributed by atoms with Crippen LogP contribution in [0.2, 0.25) is 0 Å². The van der Waals surface area contributed by atoms with Gasteiger partial charge in [0.05, 0.1) is 11.4 Å². The average molecular weight is 387 g/mol. The summed E-state index contributed by atoms with van der Waals surface area (Å²) in [6.45, 7) is 7.37. The van der Waals surface area contributed by atoms with E-state index in [0.717, 1.165) is 32.8 Å². The minimum absolute atomic E-state index is 0.586. The van der Waals surface area contributed by atoms with E-state index in [-0.39, 0.29) is 0 Å². The first-order valence-electron chi connectivity index (χ1n) is 6.21. The molecule has 0 saturated carbocycles. The smallest absolute Gasteiger partial charge is 0.207 e.